The van der Waals surface area contributed by atoms with Gasteiger partial charge in [-0.1, -0.05) is 0 Å². The van der Waals surface area contributed by atoms with Crippen LogP contribution in [0.2, 0.25) is 0 Å². The third kappa shape index (κ3) is 3.06. The summed E-state index contributed by atoms with van der Waals surface area (Å²) in [5, 5.41) is 8.82. The van der Waals surface area contributed by atoms with Gasteiger partial charge in [-0.05, 0) is 44.2 Å². The van der Waals surface area contributed by atoms with Gasteiger partial charge in [0.15, 0.2) is 5.78 Å². The molecule has 0 spiro atoms. The van der Waals surface area contributed by atoms with E-state index in [-0.39, 0.29) is 18.2 Å². The number of rotatable bonds is 5. The molecule has 1 N–H and O–H groups in total. The fourth-order valence-electron chi connectivity index (χ4n) is 1.72. The molecule has 104 valence electrons. The molecule has 0 aliphatic heterocycles. The Morgan fingerprint density at radius 1 is 1.25 bits per heavy atom. The predicted molar refractivity (Wildman–Crippen MR) is 71.2 cm³/mol. The fourth-order valence-corrected chi connectivity index (χ4v) is 1.72. The average Bonchev–Trinajstić information content (AvgIpc) is 2.78. The molecule has 5 heteroatoms. The molecule has 0 unspecified atom stereocenters. The number of carboxylic acid groups (broad SMARTS) is 1. The van der Waals surface area contributed by atoms with E-state index in [1.54, 1.807) is 31.2 Å². The Hall–Kier alpha value is -2.56. The van der Waals surface area contributed by atoms with E-state index in [0.29, 0.717) is 22.6 Å². The quantitative estimate of drug-likeness (QED) is 0.848. The molecule has 0 atom stereocenters. The Morgan fingerprint density at radius 3 is 2.40 bits per heavy atom. The van der Waals surface area contributed by atoms with Gasteiger partial charge in [0.05, 0.1) is 0 Å². The molecule has 0 bridgehead atoms. The molecule has 1 aromatic carbocycles. The molecule has 0 amide bonds. The number of furan rings is 1. The van der Waals surface area contributed by atoms with E-state index in [0.717, 1.165) is 0 Å². The lowest BCUT2D eigenvalue weighted by Gasteiger charge is -2.05. The highest BCUT2D eigenvalue weighted by molar-refractivity contribution is 5.94. The fraction of sp³-hybridized carbons (Fsp3) is 0.200. The summed E-state index contributed by atoms with van der Waals surface area (Å²) in [6.45, 7) is 3.39. The number of hydrogen-bond acceptors (Lipinski definition) is 4. The van der Waals surface area contributed by atoms with Crippen LogP contribution in [0, 0.1) is 6.92 Å². The lowest BCUT2D eigenvalue weighted by atomic mass is 10.1. The van der Waals surface area contributed by atoms with Gasteiger partial charge in [0.25, 0.3) is 0 Å². The Balaban J connectivity index is 2.05. The van der Waals surface area contributed by atoms with Crippen molar-refractivity contribution < 1.29 is 23.8 Å². The van der Waals surface area contributed by atoms with E-state index in [4.69, 9.17) is 14.3 Å². The van der Waals surface area contributed by atoms with E-state index < -0.39 is 5.97 Å². The van der Waals surface area contributed by atoms with Crippen molar-refractivity contribution in [2.45, 2.75) is 20.5 Å². The maximum atomic E-state index is 11.1. The summed E-state index contributed by atoms with van der Waals surface area (Å²) in [6.07, 6.45) is 0. The third-order valence-corrected chi connectivity index (χ3v) is 2.89. The molecule has 2 aromatic rings. The minimum Gasteiger partial charge on any atom is -0.489 e. The molecule has 0 saturated carbocycles. The van der Waals surface area contributed by atoms with Crippen LogP contribution in [0.25, 0.3) is 0 Å². The zero-order chi connectivity index (χ0) is 14.7. The van der Waals surface area contributed by atoms with E-state index in [1.165, 1.54) is 13.0 Å². The standard InChI is InChI=1S/C15H14O5/c1-9(16)11-3-5-13(6-4-11)19-8-12-7-14(15(17)18)20-10(12)2/h3-7H,8H2,1-2H3,(H,17,18). The van der Waals surface area contributed by atoms with Crippen molar-refractivity contribution in [3.05, 3.63) is 53.0 Å². The van der Waals surface area contributed by atoms with E-state index in [1.807, 2.05) is 0 Å². The normalized spacial score (nSPS) is 10.3. The van der Waals surface area contributed by atoms with Gasteiger partial charge >= 0.3 is 5.97 Å². The summed E-state index contributed by atoms with van der Waals surface area (Å²) in [6, 6.07) is 8.21. The maximum absolute atomic E-state index is 11.1. The monoisotopic (exact) mass is 274 g/mol. The van der Waals surface area contributed by atoms with Crippen LogP contribution in [0.3, 0.4) is 0 Å². The van der Waals surface area contributed by atoms with Gasteiger partial charge in [0.1, 0.15) is 18.1 Å². The van der Waals surface area contributed by atoms with Gasteiger partial charge in [0.2, 0.25) is 5.76 Å². The molecule has 0 aliphatic carbocycles. The third-order valence-electron chi connectivity index (χ3n) is 2.89. The number of carbonyl (C=O) groups excluding carboxylic acids is 1. The van der Waals surface area contributed by atoms with Gasteiger partial charge in [-0.15, -0.1) is 0 Å². The number of aromatic carboxylic acids is 1. The number of ketones is 1. The highest BCUT2D eigenvalue weighted by Gasteiger charge is 2.13. The number of Topliss-reactive ketones (excluding diaryl/α,β-unsaturated/α-hetero) is 1. The van der Waals surface area contributed by atoms with Crippen LogP contribution < -0.4 is 4.74 Å². The maximum Gasteiger partial charge on any atom is 0.371 e. The van der Waals surface area contributed by atoms with Crippen LogP contribution in [0.5, 0.6) is 5.75 Å². The van der Waals surface area contributed by atoms with Gasteiger partial charge in [-0.3, -0.25) is 4.79 Å². The minimum absolute atomic E-state index is 0.00618. The zero-order valence-corrected chi connectivity index (χ0v) is 11.2. The summed E-state index contributed by atoms with van der Waals surface area (Å²) in [4.78, 5) is 21.9. The van der Waals surface area contributed by atoms with Crippen molar-refractivity contribution in [2.75, 3.05) is 0 Å². The second kappa shape index (κ2) is 5.61. The lowest BCUT2D eigenvalue weighted by molar-refractivity contribution is 0.0660. The van der Waals surface area contributed by atoms with Crippen molar-refractivity contribution in [2.24, 2.45) is 0 Å². The molecule has 0 aliphatic rings. The predicted octanol–water partition coefficient (Wildman–Crippen LogP) is 3.07. The Bertz CT molecular complexity index is 637. The molecule has 0 radical (unpaired) electrons. The van der Waals surface area contributed by atoms with Crippen LogP contribution >= 0.6 is 0 Å². The Morgan fingerprint density at radius 2 is 1.90 bits per heavy atom. The first-order valence-corrected chi connectivity index (χ1v) is 6.04. The largest absolute Gasteiger partial charge is 0.489 e. The molecule has 2 rings (SSSR count). The summed E-state index contributed by atoms with van der Waals surface area (Å²) >= 11 is 0. The highest BCUT2D eigenvalue weighted by Crippen LogP contribution is 2.19. The van der Waals surface area contributed by atoms with E-state index >= 15 is 0 Å². The molecule has 5 nitrogen and oxygen atoms in total. The van der Waals surface area contributed by atoms with Gasteiger partial charge in [-0.2, -0.15) is 0 Å². The smallest absolute Gasteiger partial charge is 0.371 e. The lowest BCUT2D eigenvalue weighted by Crippen LogP contribution is -1.97. The van der Waals surface area contributed by atoms with Crippen LogP contribution in [-0.2, 0) is 6.61 Å². The van der Waals surface area contributed by atoms with Crippen molar-refractivity contribution in [3.63, 3.8) is 0 Å². The number of carbonyl (C=O) groups is 2. The second-order valence-electron chi connectivity index (χ2n) is 4.37. The van der Waals surface area contributed by atoms with Crippen LogP contribution in [0.1, 0.15) is 39.2 Å². The Kier molecular flexibility index (Phi) is 3.89. The van der Waals surface area contributed by atoms with Crippen molar-refractivity contribution >= 4 is 11.8 Å². The van der Waals surface area contributed by atoms with Crippen molar-refractivity contribution in [3.8, 4) is 5.75 Å². The summed E-state index contributed by atoms with van der Waals surface area (Å²) in [5.41, 5.74) is 1.29. The van der Waals surface area contributed by atoms with Crippen LogP contribution in [0.4, 0.5) is 0 Å². The Labute approximate surface area is 115 Å². The van der Waals surface area contributed by atoms with E-state index in [2.05, 4.69) is 0 Å². The summed E-state index contributed by atoms with van der Waals surface area (Å²) in [7, 11) is 0. The highest BCUT2D eigenvalue weighted by atomic mass is 16.5. The average molecular weight is 274 g/mol. The first-order chi connectivity index (χ1) is 9.47. The SMILES string of the molecule is CC(=O)c1ccc(OCc2cc(C(=O)O)oc2C)cc1. The number of carboxylic acids is 1. The molecule has 1 heterocycles. The first-order valence-electron chi connectivity index (χ1n) is 6.04. The first kappa shape index (κ1) is 13.9. The van der Waals surface area contributed by atoms with Crippen LogP contribution in [-0.4, -0.2) is 16.9 Å². The topological polar surface area (TPSA) is 76.7 Å². The molecular formula is C15H14O5. The number of ether oxygens (including phenoxy) is 1. The molecule has 20 heavy (non-hydrogen) atoms. The summed E-state index contributed by atoms with van der Waals surface area (Å²) < 4.78 is 10.6. The molecule has 1 aromatic heterocycles. The van der Waals surface area contributed by atoms with Gasteiger partial charge in [-0.25, -0.2) is 4.79 Å². The number of hydrogen-bond donors (Lipinski definition) is 1. The van der Waals surface area contributed by atoms with Crippen LogP contribution in [0.15, 0.2) is 34.7 Å². The zero-order valence-electron chi connectivity index (χ0n) is 11.2. The van der Waals surface area contributed by atoms with Crippen molar-refractivity contribution in [1.29, 1.82) is 0 Å². The van der Waals surface area contributed by atoms with Gasteiger partial charge < -0.3 is 14.3 Å². The number of aryl methyl sites for hydroxylation is 1. The minimum atomic E-state index is -1.11. The molecular weight excluding hydrogens is 260 g/mol. The summed E-state index contributed by atoms with van der Waals surface area (Å²) in [5.74, 6) is -0.0956. The molecule has 0 saturated heterocycles. The van der Waals surface area contributed by atoms with E-state index in [9.17, 15) is 9.59 Å². The van der Waals surface area contributed by atoms with Crippen molar-refractivity contribution in [1.82, 2.24) is 0 Å². The second-order valence-corrected chi connectivity index (χ2v) is 4.37. The number of benzene rings is 1. The van der Waals surface area contributed by atoms with Gasteiger partial charge in [0, 0.05) is 11.1 Å². The molecule has 0 fully saturated rings.